The standard InChI is InChI=1S/C17H15N5/c1-11-7-9-13(10-8-11)16-14-5-3-4-6-15(14)22-12(2)18-20-17(22)21-19-16/h3-10H,1-2H3,(H,20,21). The third-order valence-electron chi connectivity index (χ3n) is 3.82. The molecule has 22 heavy (non-hydrogen) atoms. The third kappa shape index (κ3) is 1.90. The van der Waals surface area contributed by atoms with Gasteiger partial charge in [-0.1, -0.05) is 48.0 Å². The van der Waals surface area contributed by atoms with Crippen molar-refractivity contribution in [2.24, 2.45) is 5.10 Å². The average molecular weight is 289 g/mol. The lowest BCUT2D eigenvalue weighted by Gasteiger charge is -2.11. The number of anilines is 1. The van der Waals surface area contributed by atoms with Gasteiger partial charge < -0.3 is 0 Å². The normalized spacial score (nSPS) is 12.7. The number of aromatic nitrogens is 3. The number of hydrogen-bond donors (Lipinski definition) is 1. The van der Waals surface area contributed by atoms with E-state index in [1.54, 1.807) is 0 Å². The zero-order chi connectivity index (χ0) is 15.1. The lowest BCUT2D eigenvalue weighted by molar-refractivity contribution is 0.970. The van der Waals surface area contributed by atoms with Crippen LogP contribution in [0, 0.1) is 13.8 Å². The minimum absolute atomic E-state index is 0.632. The molecule has 4 rings (SSSR count). The van der Waals surface area contributed by atoms with E-state index < -0.39 is 0 Å². The van der Waals surface area contributed by atoms with Crippen LogP contribution in [0.4, 0.5) is 5.95 Å². The van der Waals surface area contributed by atoms with Gasteiger partial charge in [0.2, 0.25) is 5.95 Å². The average Bonchev–Trinajstić information content (AvgIpc) is 2.82. The largest absolute Gasteiger partial charge is 0.264 e. The van der Waals surface area contributed by atoms with Crippen LogP contribution >= 0.6 is 0 Å². The van der Waals surface area contributed by atoms with E-state index in [4.69, 9.17) is 0 Å². The fraction of sp³-hybridized carbons (Fsp3) is 0.118. The first-order chi connectivity index (χ1) is 10.7. The van der Waals surface area contributed by atoms with E-state index in [1.165, 1.54) is 5.56 Å². The van der Waals surface area contributed by atoms with Crippen LogP contribution in [0.15, 0.2) is 53.6 Å². The van der Waals surface area contributed by atoms with Crippen molar-refractivity contribution in [3.63, 3.8) is 0 Å². The Morgan fingerprint density at radius 3 is 2.50 bits per heavy atom. The van der Waals surface area contributed by atoms with Crippen LogP contribution in [0.5, 0.6) is 0 Å². The molecule has 0 aliphatic carbocycles. The number of fused-ring (bicyclic) bond motifs is 3. The van der Waals surface area contributed by atoms with Crippen LogP contribution in [-0.2, 0) is 0 Å². The van der Waals surface area contributed by atoms with Gasteiger partial charge in [0.1, 0.15) is 5.82 Å². The lowest BCUT2D eigenvalue weighted by Crippen LogP contribution is -2.07. The summed E-state index contributed by atoms with van der Waals surface area (Å²) in [5.41, 5.74) is 8.32. The maximum Gasteiger partial charge on any atom is 0.249 e. The van der Waals surface area contributed by atoms with Gasteiger partial charge in [0.15, 0.2) is 0 Å². The fourth-order valence-electron chi connectivity index (χ4n) is 2.69. The lowest BCUT2D eigenvalue weighted by atomic mass is 10.00. The molecule has 0 unspecified atom stereocenters. The Balaban J connectivity index is 1.96. The molecule has 108 valence electrons. The summed E-state index contributed by atoms with van der Waals surface area (Å²) < 4.78 is 1.99. The Kier molecular flexibility index (Phi) is 2.79. The number of hydrazone groups is 1. The molecule has 0 saturated carbocycles. The molecule has 0 fully saturated rings. The molecule has 1 aliphatic heterocycles. The minimum atomic E-state index is 0.632. The third-order valence-corrected chi connectivity index (χ3v) is 3.82. The number of rotatable bonds is 1. The molecule has 0 spiro atoms. The smallest absolute Gasteiger partial charge is 0.249 e. The van der Waals surface area contributed by atoms with Crippen LogP contribution in [-0.4, -0.2) is 20.5 Å². The number of aryl methyl sites for hydroxylation is 2. The van der Waals surface area contributed by atoms with Crippen molar-refractivity contribution in [2.45, 2.75) is 13.8 Å². The fourth-order valence-corrected chi connectivity index (χ4v) is 2.69. The van der Waals surface area contributed by atoms with Gasteiger partial charge in [-0.05, 0) is 19.9 Å². The molecule has 3 aromatic rings. The summed E-state index contributed by atoms with van der Waals surface area (Å²) >= 11 is 0. The van der Waals surface area contributed by atoms with Crippen molar-refractivity contribution < 1.29 is 0 Å². The maximum absolute atomic E-state index is 4.56. The number of hydrogen-bond acceptors (Lipinski definition) is 4. The Morgan fingerprint density at radius 1 is 0.909 bits per heavy atom. The molecule has 1 aliphatic rings. The molecule has 2 aromatic carbocycles. The first kappa shape index (κ1) is 12.8. The van der Waals surface area contributed by atoms with Gasteiger partial charge in [0, 0.05) is 11.1 Å². The number of para-hydroxylation sites is 1. The second kappa shape index (κ2) is 4.80. The van der Waals surface area contributed by atoms with E-state index in [2.05, 4.69) is 64.0 Å². The van der Waals surface area contributed by atoms with E-state index >= 15 is 0 Å². The molecule has 1 aromatic heterocycles. The zero-order valence-electron chi connectivity index (χ0n) is 12.4. The summed E-state index contributed by atoms with van der Waals surface area (Å²) in [5, 5.41) is 12.8. The summed E-state index contributed by atoms with van der Waals surface area (Å²) in [5.74, 6) is 1.46. The molecule has 2 heterocycles. The highest BCUT2D eigenvalue weighted by molar-refractivity contribution is 6.15. The molecule has 0 bridgehead atoms. The first-order valence-electron chi connectivity index (χ1n) is 7.16. The molecular weight excluding hydrogens is 274 g/mol. The van der Waals surface area contributed by atoms with Crippen LogP contribution in [0.25, 0.3) is 5.69 Å². The Morgan fingerprint density at radius 2 is 1.68 bits per heavy atom. The van der Waals surface area contributed by atoms with Gasteiger partial charge in [-0.25, -0.2) is 5.43 Å². The number of nitrogens with one attached hydrogen (secondary N) is 1. The molecular formula is C17H15N5. The Hall–Kier alpha value is -2.95. The summed E-state index contributed by atoms with van der Waals surface area (Å²) in [6, 6.07) is 16.5. The van der Waals surface area contributed by atoms with Crippen LogP contribution in [0.2, 0.25) is 0 Å². The monoisotopic (exact) mass is 289 g/mol. The molecule has 5 nitrogen and oxygen atoms in total. The van der Waals surface area contributed by atoms with Crippen molar-refractivity contribution in [3.05, 3.63) is 71.0 Å². The molecule has 0 radical (unpaired) electrons. The molecule has 0 saturated heterocycles. The van der Waals surface area contributed by atoms with Crippen molar-refractivity contribution in [3.8, 4) is 5.69 Å². The second-order valence-corrected chi connectivity index (χ2v) is 5.36. The van der Waals surface area contributed by atoms with Gasteiger partial charge in [-0.15, -0.1) is 10.2 Å². The van der Waals surface area contributed by atoms with Crippen LogP contribution in [0.1, 0.15) is 22.5 Å². The summed E-state index contributed by atoms with van der Waals surface area (Å²) in [7, 11) is 0. The number of benzene rings is 2. The van der Waals surface area contributed by atoms with Crippen molar-refractivity contribution in [1.29, 1.82) is 0 Å². The van der Waals surface area contributed by atoms with Crippen molar-refractivity contribution in [1.82, 2.24) is 14.8 Å². The van der Waals surface area contributed by atoms with Crippen molar-refractivity contribution >= 4 is 11.7 Å². The Labute approximate surface area is 128 Å². The minimum Gasteiger partial charge on any atom is -0.264 e. The van der Waals surface area contributed by atoms with E-state index in [-0.39, 0.29) is 0 Å². The first-order valence-corrected chi connectivity index (χ1v) is 7.16. The highest BCUT2D eigenvalue weighted by Crippen LogP contribution is 2.26. The Bertz CT molecular complexity index is 874. The highest BCUT2D eigenvalue weighted by atomic mass is 15.5. The topological polar surface area (TPSA) is 55.1 Å². The molecule has 5 heteroatoms. The van der Waals surface area contributed by atoms with Gasteiger partial charge >= 0.3 is 0 Å². The van der Waals surface area contributed by atoms with E-state index in [0.717, 1.165) is 28.4 Å². The van der Waals surface area contributed by atoms with Gasteiger partial charge in [0.05, 0.1) is 11.4 Å². The summed E-state index contributed by atoms with van der Waals surface area (Å²) in [6.45, 7) is 4.02. The van der Waals surface area contributed by atoms with Gasteiger partial charge in [-0.3, -0.25) is 4.57 Å². The predicted molar refractivity (Wildman–Crippen MR) is 86.5 cm³/mol. The molecule has 1 N–H and O–H groups in total. The van der Waals surface area contributed by atoms with E-state index in [0.29, 0.717) is 5.95 Å². The number of nitrogens with zero attached hydrogens (tertiary/aromatic N) is 4. The van der Waals surface area contributed by atoms with E-state index in [1.807, 2.05) is 23.6 Å². The van der Waals surface area contributed by atoms with Gasteiger partial charge in [-0.2, -0.15) is 5.10 Å². The molecule has 0 atom stereocenters. The van der Waals surface area contributed by atoms with E-state index in [9.17, 15) is 0 Å². The van der Waals surface area contributed by atoms with Crippen LogP contribution < -0.4 is 5.43 Å². The highest BCUT2D eigenvalue weighted by Gasteiger charge is 2.20. The predicted octanol–water partition coefficient (Wildman–Crippen LogP) is 3.06. The summed E-state index contributed by atoms with van der Waals surface area (Å²) in [6.07, 6.45) is 0. The maximum atomic E-state index is 4.56. The molecule has 0 amide bonds. The van der Waals surface area contributed by atoms with Crippen molar-refractivity contribution in [2.75, 3.05) is 5.43 Å². The summed E-state index contributed by atoms with van der Waals surface area (Å²) in [4.78, 5) is 0. The quantitative estimate of drug-likeness (QED) is 0.749. The van der Waals surface area contributed by atoms with Gasteiger partial charge in [0.25, 0.3) is 0 Å². The zero-order valence-corrected chi connectivity index (χ0v) is 12.4. The second-order valence-electron chi connectivity index (χ2n) is 5.36. The van der Waals surface area contributed by atoms with Crippen LogP contribution in [0.3, 0.4) is 0 Å². The SMILES string of the molecule is Cc1ccc(C2=NNc3nnc(C)n3-c3ccccc32)cc1.